The van der Waals surface area contributed by atoms with Gasteiger partial charge in [-0.1, -0.05) is 31.9 Å². The largest absolute Gasteiger partial charge is 0.483 e. The van der Waals surface area contributed by atoms with Gasteiger partial charge in [-0.15, -0.1) is 0 Å². The predicted octanol–water partition coefficient (Wildman–Crippen LogP) is 5.86. The van der Waals surface area contributed by atoms with Crippen LogP contribution in [0.2, 0.25) is 0 Å². The molecule has 0 bridgehead atoms. The molecule has 0 saturated heterocycles. The lowest BCUT2D eigenvalue weighted by Crippen LogP contribution is -2.21. The Morgan fingerprint density at radius 1 is 0.688 bits per heavy atom. The Morgan fingerprint density at radius 3 is 1.41 bits per heavy atom. The number of hydrogen-bond donors (Lipinski definition) is 2. The molecular formula is C24H22Br2N2O4. The van der Waals surface area contributed by atoms with Crippen molar-refractivity contribution in [3.05, 3.63) is 80.7 Å². The maximum Gasteiger partial charge on any atom is 0.262 e. The highest BCUT2D eigenvalue weighted by molar-refractivity contribution is 9.10. The van der Waals surface area contributed by atoms with Crippen LogP contribution in [-0.2, 0) is 9.59 Å². The van der Waals surface area contributed by atoms with Gasteiger partial charge in [-0.2, -0.15) is 0 Å². The van der Waals surface area contributed by atoms with Crippen LogP contribution in [0, 0.1) is 13.8 Å². The van der Waals surface area contributed by atoms with E-state index < -0.39 is 0 Å². The van der Waals surface area contributed by atoms with Crippen LogP contribution in [0.3, 0.4) is 0 Å². The number of aryl methyl sites for hydroxylation is 2. The quantitative estimate of drug-likeness (QED) is 0.361. The van der Waals surface area contributed by atoms with Gasteiger partial charge in [0.2, 0.25) is 0 Å². The third kappa shape index (κ3) is 7.10. The molecule has 0 fully saturated rings. The van der Waals surface area contributed by atoms with Crippen molar-refractivity contribution in [2.75, 3.05) is 23.8 Å². The third-order valence-electron chi connectivity index (χ3n) is 4.44. The molecule has 8 heteroatoms. The van der Waals surface area contributed by atoms with Gasteiger partial charge in [0.1, 0.15) is 11.5 Å². The number of hydrogen-bond acceptors (Lipinski definition) is 4. The van der Waals surface area contributed by atoms with Crippen molar-refractivity contribution in [1.82, 2.24) is 0 Å². The highest BCUT2D eigenvalue weighted by Gasteiger charge is 2.08. The molecule has 0 heterocycles. The molecule has 166 valence electrons. The number of amides is 2. The molecular weight excluding hydrogens is 540 g/mol. The number of benzene rings is 3. The van der Waals surface area contributed by atoms with Crippen LogP contribution in [0.1, 0.15) is 11.1 Å². The van der Waals surface area contributed by atoms with E-state index in [-0.39, 0.29) is 25.0 Å². The lowest BCUT2D eigenvalue weighted by Gasteiger charge is -2.11. The molecule has 2 amide bonds. The maximum atomic E-state index is 12.2. The normalized spacial score (nSPS) is 10.4. The summed E-state index contributed by atoms with van der Waals surface area (Å²) in [6, 6.07) is 18.0. The van der Waals surface area contributed by atoms with Crippen LogP contribution >= 0.6 is 31.9 Å². The summed E-state index contributed by atoms with van der Waals surface area (Å²) < 4.78 is 13.1. The number of anilines is 2. The molecule has 6 nitrogen and oxygen atoms in total. The molecule has 0 atom stereocenters. The summed E-state index contributed by atoms with van der Waals surface area (Å²) in [7, 11) is 0. The fourth-order valence-electron chi connectivity index (χ4n) is 2.87. The Labute approximate surface area is 203 Å². The first-order valence-corrected chi connectivity index (χ1v) is 11.4. The van der Waals surface area contributed by atoms with Gasteiger partial charge in [0.15, 0.2) is 13.2 Å². The van der Waals surface area contributed by atoms with Crippen molar-refractivity contribution >= 4 is 55.0 Å². The second kappa shape index (κ2) is 11.2. The summed E-state index contributed by atoms with van der Waals surface area (Å²) in [4.78, 5) is 24.3. The predicted molar refractivity (Wildman–Crippen MR) is 132 cm³/mol. The van der Waals surface area contributed by atoms with Gasteiger partial charge < -0.3 is 20.1 Å². The average molecular weight is 562 g/mol. The van der Waals surface area contributed by atoms with Crippen LogP contribution in [0.4, 0.5) is 11.4 Å². The molecule has 0 saturated carbocycles. The van der Waals surface area contributed by atoms with E-state index in [1.807, 2.05) is 50.2 Å². The molecule has 0 aliphatic rings. The fraction of sp³-hybridized carbons (Fsp3) is 0.167. The summed E-state index contributed by atoms with van der Waals surface area (Å²) in [5.41, 5.74) is 3.08. The van der Waals surface area contributed by atoms with Gasteiger partial charge in [-0.25, -0.2) is 0 Å². The van der Waals surface area contributed by atoms with Gasteiger partial charge in [0.25, 0.3) is 11.8 Å². The summed E-state index contributed by atoms with van der Waals surface area (Å²) in [6.07, 6.45) is 0. The smallest absolute Gasteiger partial charge is 0.262 e. The molecule has 0 aliphatic heterocycles. The van der Waals surface area contributed by atoms with Gasteiger partial charge in [0, 0.05) is 20.3 Å². The summed E-state index contributed by atoms with van der Waals surface area (Å²) >= 11 is 6.79. The molecule has 0 aliphatic carbocycles. The van der Waals surface area contributed by atoms with Crippen molar-refractivity contribution in [3.8, 4) is 11.5 Å². The first-order valence-electron chi connectivity index (χ1n) is 9.78. The van der Waals surface area contributed by atoms with E-state index >= 15 is 0 Å². The molecule has 32 heavy (non-hydrogen) atoms. The number of nitrogens with one attached hydrogen (secondary N) is 2. The van der Waals surface area contributed by atoms with Crippen molar-refractivity contribution in [2.45, 2.75) is 13.8 Å². The minimum absolute atomic E-state index is 0.103. The maximum absolute atomic E-state index is 12.2. The Kier molecular flexibility index (Phi) is 8.30. The average Bonchev–Trinajstić information content (AvgIpc) is 2.74. The molecule has 0 unspecified atom stereocenters. The minimum Gasteiger partial charge on any atom is -0.483 e. The van der Waals surface area contributed by atoms with Crippen molar-refractivity contribution < 1.29 is 19.1 Å². The van der Waals surface area contributed by atoms with Crippen molar-refractivity contribution in [1.29, 1.82) is 0 Å². The van der Waals surface area contributed by atoms with Crippen LogP contribution in [0.25, 0.3) is 0 Å². The summed E-state index contributed by atoms with van der Waals surface area (Å²) in [6.45, 7) is 3.62. The summed E-state index contributed by atoms with van der Waals surface area (Å²) in [5.74, 6) is 0.758. The molecule has 0 radical (unpaired) electrons. The molecule has 3 aromatic carbocycles. The Balaban J connectivity index is 1.45. The first kappa shape index (κ1) is 23.8. The minimum atomic E-state index is -0.276. The highest BCUT2D eigenvalue weighted by atomic mass is 79.9. The van der Waals surface area contributed by atoms with E-state index in [0.717, 1.165) is 20.1 Å². The molecule has 0 spiro atoms. The van der Waals surface area contributed by atoms with Crippen LogP contribution in [0.15, 0.2) is 69.6 Å². The van der Waals surface area contributed by atoms with E-state index in [4.69, 9.17) is 9.47 Å². The van der Waals surface area contributed by atoms with Gasteiger partial charge in [-0.3, -0.25) is 9.59 Å². The van der Waals surface area contributed by atoms with E-state index in [1.54, 1.807) is 24.3 Å². The number of halogens is 2. The van der Waals surface area contributed by atoms with Crippen molar-refractivity contribution in [2.24, 2.45) is 0 Å². The first-order chi connectivity index (χ1) is 15.3. The Hall–Kier alpha value is -2.84. The lowest BCUT2D eigenvalue weighted by atomic mass is 10.2. The van der Waals surface area contributed by atoms with Crippen LogP contribution in [-0.4, -0.2) is 25.0 Å². The van der Waals surface area contributed by atoms with E-state index in [2.05, 4.69) is 42.5 Å². The van der Waals surface area contributed by atoms with E-state index in [0.29, 0.717) is 22.9 Å². The second-order valence-electron chi connectivity index (χ2n) is 7.07. The van der Waals surface area contributed by atoms with Crippen molar-refractivity contribution in [3.63, 3.8) is 0 Å². The third-order valence-corrected chi connectivity index (χ3v) is 5.43. The summed E-state index contributed by atoms with van der Waals surface area (Å²) in [5, 5.41) is 5.53. The number of carbonyl (C=O) groups is 2. The van der Waals surface area contributed by atoms with E-state index in [9.17, 15) is 9.59 Å². The fourth-order valence-corrected chi connectivity index (χ4v) is 3.82. The number of rotatable bonds is 8. The molecule has 3 aromatic rings. The standard InChI is InChI=1S/C24H22Br2N2O4/c1-15-11-17(25)3-9-21(15)31-13-23(29)27-19-5-7-20(8-6-19)28-24(30)14-32-22-10-4-18(26)12-16(22)2/h3-12H,13-14H2,1-2H3,(H,27,29)(H,28,30). The molecule has 3 rings (SSSR count). The van der Waals surface area contributed by atoms with Gasteiger partial charge in [-0.05, 0) is 85.6 Å². The van der Waals surface area contributed by atoms with Gasteiger partial charge >= 0.3 is 0 Å². The number of ether oxygens (including phenoxy) is 2. The van der Waals surface area contributed by atoms with Crippen LogP contribution in [0.5, 0.6) is 11.5 Å². The zero-order valence-electron chi connectivity index (χ0n) is 17.6. The Morgan fingerprint density at radius 2 is 1.06 bits per heavy atom. The molecule has 2 N–H and O–H groups in total. The number of carbonyl (C=O) groups excluding carboxylic acids is 2. The zero-order chi connectivity index (χ0) is 23.1. The van der Waals surface area contributed by atoms with Gasteiger partial charge in [0.05, 0.1) is 0 Å². The lowest BCUT2D eigenvalue weighted by molar-refractivity contribution is -0.118. The second-order valence-corrected chi connectivity index (χ2v) is 8.90. The Bertz CT molecular complexity index is 1030. The van der Waals surface area contributed by atoms with Crippen LogP contribution < -0.4 is 20.1 Å². The SMILES string of the molecule is Cc1cc(Br)ccc1OCC(=O)Nc1ccc(NC(=O)COc2ccc(Br)cc2C)cc1. The van der Waals surface area contributed by atoms with E-state index in [1.165, 1.54) is 0 Å². The molecule has 0 aromatic heterocycles. The zero-order valence-corrected chi connectivity index (χ0v) is 20.7. The topological polar surface area (TPSA) is 76.7 Å². The monoisotopic (exact) mass is 560 g/mol. The highest BCUT2D eigenvalue weighted by Crippen LogP contribution is 2.23.